The minimum absolute atomic E-state index is 0.177. The van der Waals surface area contributed by atoms with E-state index in [4.69, 9.17) is 23.7 Å². The van der Waals surface area contributed by atoms with Crippen LogP contribution in [0.15, 0.2) is 18.2 Å². The first kappa shape index (κ1) is 16.4. The van der Waals surface area contributed by atoms with Crippen molar-refractivity contribution in [3.63, 3.8) is 0 Å². The fourth-order valence-corrected chi connectivity index (χ4v) is 2.56. The Morgan fingerprint density at radius 3 is 2.65 bits per heavy atom. The number of fused-ring (bicyclic) bond motifs is 1. The van der Waals surface area contributed by atoms with Crippen molar-refractivity contribution in [2.24, 2.45) is 0 Å². The van der Waals surface area contributed by atoms with Crippen LogP contribution in [-0.4, -0.2) is 57.0 Å². The van der Waals surface area contributed by atoms with Gasteiger partial charge in [0.15, 0.2) is 11.5 Å². The summed E-state index contributed by atoms with van der Waals surface area (Å²) in [6.07, 6.45) is 2.16. The Morgan fingerprint density at radius 2 is 1.83 bits per heavy atom. The number of aliphatic hydroxyl groups is 1. The van der Waals surface area contributed by atoms with Crippen LogP contribution in [-0.2, 0) is 9.47 Å². The SMILES string of the molecule is OC(COc1ccc2c(c1)OCCCO2)COC1CCOCC1. The Morgan fingerprint density at radius 1 is 1.04 bits per heavy atom. The third kappa shape index (κ3) is 4.99. The van der Waals surface area contributed by atoms with Crippen LogP contribution >= 0.6 is 0 Å². The van der Waals surface area contributed by atoms with Gasteiger partial charge in [-0.1, -0.05) is 0 Å². The molecular formula is C17H24O6. The first-order valence-electron chi connectivity index (χ1n) is 8.21. The molecule has 1 N–H and O–H groups in total. The van der Waals surface area contributed by atoms with E-state index in [-0.39, 0.29) is 19.3 Å². The Bertz CT molecular complexity index is 486. The molecule has 0 amide bonds. The molecule has 23 heavy (non-hydrogen) atoms. The predicted molar refractivity (Wildman–Crippen MR) is 83.3 cm³/mol. The van der Waals surface area contributed by atoms with Gasteiger partial charge in [0.1, 0.15) is 18.5 Å². The molecule has 0 spiro atoms. The summed E-state index contributed by atoms with van der Waals surface area (Å²) in [7, 11) is 0. The van der Waals surface area contributed by atoms with Crippen LogP contribution in [0.25, 0.3) is 0 Å². The van der Waals surface area contributed by atoms with Gasteiger partial charge in [0.25, 0.3) is 0 Å². The highest BCUT2D eigenvalue weighted by atomic mass is 16.5. The van der Waals surface area contributed by atoms with Gasteiger partial charge in [-0.05, 0) is 25.0 Å². The van der Waals surface area contributed by atoms with E-state index >= 15 is 0 Å². The second-order valence-electron chi connectivity index (χ2n) is 5.77. The Hall–Kier alpha value is -1.50. The zero-order valence-corrected chi connectivity index (χ0v) is 13.2. The van der Waals surface area contributed by atoms with Crippen LogP contribution in [0.3, 0.4) is 0 Å². The lowest BCUT2D eigenvalue weighted by atomic mass is 10.1. The maximum atomic E-state index is 9.99. The zero-order valence-electron chi connectivity index (χ0n) is 13.2. The van der Waals surface area contributed by atoms with E-state index in [1.54, 1.807) is 6.07 Å². The average molecular weight is 324 g/mol. The first-order chi connectivity index (χ1) is 11.3. The van der Waals surface area contributed by atoms with E-state index in [1.165, 1.54) is 0 Å². The highest BCUT2D eigenvalue weighted by molar-refractivity contribution is 5.45. The van der Waals surface area contributed by atoms with E-state index in [1.807, 2.05) is 12.1 Å². The summed E-state index contributed by atoms with van der Waals surface area (Å²) in [5, 5.41) is 9.99. The van der Waals surface area contributed by atoms with Crippen molar-refractivity contribution < 1.29 is 28.8 Å². The van der Waals surface area contributed by atoms with Crippen LogP contribution in [0.1, 0.15) is 19.3 Å². The molecule has 0 aliphatic carbocycles. The van der Waals surface area contributed by atoms with Gasteiger partial charge in [-0.25, -0.2) is 0 Å². The second-order valence-corrected chi connectivity index (χ2v) is 5.77. The molecule has 3 rings (SSSR count). The topological polar surface area (TPSA) is 66.4 Å². The van der Waals surface area contributed by atoms with Crippen LogP contribution in [0, 0.1) is 0 Å². The number of aliphatic hydroxyl groups excluding tert-OH is 1. The van der Waals surface area contributed by atoms with Gasteiger partial charge >= 0.3 is 0 Å². The molecule has 0 bridgehead atoms. The highest BCUT2D eigenvalue weighted by Gasteiger charge is 2.17. The van der Waals surface area contributed by atoms with Gasteiger partial charge in [-0.2, -0.15) is 0 Å². The Balaban J connectivity index is 1.43. The highest BCUT2D eigenvalue weighted by Crippen LogP contribution is 2.33. The summed E-state index contributed by atoms with van der Waals surface area (Å²) in [4.78, 5) is 0. The molecule has 6 heteroatoms. The predicted octanol–water partition coefficient (Wildman–Crippen LogP) is 1.78. The maximum Gasteiger partial charge on any atom is 0.164 e. The summed E-state index contributed by atoms with van der Waals surface area (Å²) in [6, 6.07) is 5.45. The van der Waals surface area contributed by atoms with Crippen molar-refractivity contribution >= 4 is 0 Å². The van der Waals surface area contributed by atoms with Crippen LogP contribution in [0.2, 0.25) is 0 Å². The van der Waals surface area contributed by atoms with E-state index in [2.05, 4.69) is 0 Å². The van der Waals surface area contributed by atoms with E-state index in [0.717, 1.165) is 38.2 Å². The number of ether oxygens (including phenoxy) is 5. The zero-order chi connectivity index (χ0) is 15.9. The first-order valence-corrected chi connectivity index (χ1v) is 8.21. The van der Waals surface area contributed by atoms with Crippen LogP contribution in [0.4, 0.5) is 0 Å². The number of hydrogen-bond acceptors (Lipinski definition) is 6. The van der Waals surface area contributed by atoms with Gasteiger partial charge < -0.3 is 28.8 Å². The molecule has 6 nitrogen and oxygen atoms in total. The van der Waals surface area contributed by atoms with Crippen molar-refractivity contribution in [3.05, 3.63) is 18.2 Å². The molecule has 2 aliphatic rings. The lowest BCUT2D eigenvalue weighted by Crippen LogP contribution is -2.30. The molecule has 1 fully saturated rings. The van der Waals surface area contributed by atoms with Gasteiger partial charge in [0, 0.05) is 25.7 Å². The molecule has 1 aromatic rings. The molecule has 0 aromatic heterocycles. The smallest absolute Gasteiger partial charge is 0.164 e. The molecule has 1 unspecified atom stereocenters. The minimum atomic E-state index is -0.658. The van der Waals surface area contributed by atoms with Crippen molar-refractivity contribution in [2.75, 3.05) is 39.6 Å². The molecule has 0 saturated carbocycles. The molecule has 128 valence electrons. The van der Waals surface area contributed by atoms with E-state index in [9.17, 15) is 5.11 Å². The summed E-state index contributed by atoms with van der Waals surface area (Å²) in [5.74, 6) is 2.07. The number of rotatable bonds is 6. The quantitative estimate of drug-likeness (QED) is 0.860. The van der Waals surface area contributed by atoms with Gasteiger partial charge in [0.05, 0.1) is 25.9 Å². The molecule has 1 saturated heterocycles. The van der Waals surface area contributed by atoms with Crippen LogP contribution in [0.5, 0.6) is 17.2 Å². The molecule has 2 aliphatic heterocycles. The summed E-state index contributed by atoms with van der Waals surface area (Å²) in [6.45, 7) is 3.22. The average Bonchev–Trinajstić information content (AvgIpc) is 2.84. The lowest BCUT2D eigenvalue weighted by Gasteiger charge is -2.23. The van der Waals surface area contributed by atoms with Crippen molar-refractivity contribution in [1.29, 1.82) is 0 Å². The number of hydrogen-bond donors (Lipinski definition) is 1. The van der Waals surface area contributed by atoms with Gasteiger partial charge in [0.2, 0.25) is 0 Å². The summed E-state index contributed by atoms with van der Waals surface area (Å²) in [5.41, 5.74) is 0. The van der Waals surface area contributed by atoms with Crippen molar-refractivity contribution in [2.45, 2.75) is 31.5 Å². The minimum Gasteiger partial charge on any atom is -0.491 e. The van der Waals surface area contributed by atoms with E-state index in [0.29, 0.717) is 24.7 Å². The van der Waals surface area contributed by atoms with E-state index < -0.39 is 6.10 Å². The fourth-order valence-electron chi connectivity index (χ4n) is 2.56. The standard InChI is InChI=1S/C17H24O6/c18-13(11-22-14-4-8-19-9-5-14)12-23-15-2-3-16-17(10-15)21-7-1-6-20-16/h2-3,10,13-14,18H,1,4-9,11-12H2. The van der Waals surface area contributed by atoms with Gasteiger partial charge in [-0.3, -0.25) is 0 Å². The maximum absolute atomic E-state index is 9.99. The lowest BCUT2D eigenvalue weighted by molar-refractivity contribution is -0.0659. The largest absolute Gasteiger partial charge is 0.491 e. The number of benzene rings is 1. The molecule has 0 radical (unpaired) electrons. The molecular weight excluding hydrogens is 300 g/mol. The van der Waals surface area contributed by atoms with Crippen LogP contribution < -0.4 is 14.2 Å². The fraction of sp³-hybridized carbons (Fsp3) is 0.647. The Labute approximate surface area is 136 Å². The molecule has 2 heterocycles. The summed E-state index contributed by atoms with van der Waals surface area (Å²) >= 11 is 0. The van der Waals surface area contributed by atoms with Crippen molar-refractivity contribution in [1.82, 2.24) is 0 Å². The molecule has 1 atom stereocenters. The Kier molecular flexibility index (Phi) is 5.96. The summed E-state index contributed by atoms with van der Waals surface area (Å²) < 4.78 is 27.8. The van der Waals surface area contributed by atoms with Crippen molar-refractivity contribution in [3.8, 4) is 17.2 Å². The monoisotopic (exact) mass is 324 g/mol. The third-order valence-electron chi connectivity index (χ3n) is 3.85. The molecule has 1 aromatic carbocycles. The second kappa shape index (κ2) is 8.38. The van der Waals surface area contributed by atoms with Gasteiger partial charge in [-0.15, -0.1) is 0 Å². The third-order valence-corrected chi connectivity index (χ3v) is 3.85. The normalized spacial score (nSPS) is 19.9.